The molecule has 1 heterocycles. The summed E-state index contributed by atoms with van der Waals surface area (Å²) in [7, 11) is 0. The van der Waals surface area contributed by atoms with E-state index in [1.165, 1.54) is 12.1 Å². The predicted octanol–water partition coefficient (Wildman–Crippen LogP) is 6.76. The van der Waals surface area contributed by atoms with Crippen molar-refractivity contribution < 1.29 is 22.8 Å². The molecular formula is C28H22F3N3O2. The summed E-state index contributed by atoms with van der Waals surface area (Å²) in [5, 5.41) is 5.57. The average Bonchev–Trinajstić information content (AvgIpc) is 2.89. The number of pyridine rings is 1. The number of nitrogens with zero attached hydrogens (tertiary/aromatic N) is 1. The number of rotatable bonds is 6. The Balaban J connectivity index is 1.46. The molecule has 0 radical (unpaired) electrons. The quantitative estimate of drug-likeness (QED) is 0.314. The molecule has 1 unspecified atom stereocenters. The number of anilines is 2. The molecule has 4 aromatic rings. The van der Waals surface area contributed by atoms with Crippen LogP contribution in [0.1, 0.15) is 34.3 Å². The molecule has 2 amide bonds. The van der Waals surface area contributed by atoms with Crippen molar-refractivity contribution in [3.63, 3.8) is 0 Å². The van der Waals surface area contributed by atoms with E-state index in [0.717, 1.165) is 17.7 Å². The molecule has 0 aliphatic heterocycles. The van der Waals surface area contributed by atoms with Crippen molar-refractivity contribution in [2.45, 2.75) is 19.0 Å². The zero-order valence-electron chi connectivity index (χ0n) is 19.2. The number of nitrogens with one attached hydrogen (secondary N) is 2. The van der Waals surface area contributed by atoms with Gasteiger partial charge in [0, 0.05) is 17.4 Å². The first-order valence-corrected chi connectivity index (χ1v) is 11.1. The highest BCUT2D eigenvalue weighted by Gasteiger charge is 2.30. The summed E-state index contributed by atoms with van der Waals surface area (Å²) >= 11 is 0. The van der Waals surface area contributed by atoms with Crippen molar-refractivity contribution in [2.75, 3.05) is 10.6 Å². The van der Waals surface area contributed by atoms with E-state index in [4.69, 9.17) is 0 Å². The van der Waals surface area contributed by atoms with E-state index in [1.807, 2.05) is 0 Å². The number of hydrogen-bond donors (Lipinski definition) is 2. The molecule has 0 spiro atoms. The molecule has 5 nitrogen and oxygen atoms in total. The van der Waals surface area contributed by atoms with Gasteiger partial charge >= 0.3 is 6.18 Å². The Morgan fingerprint density at radius 3 is 2.11 bits per heavy atom. The molecule has 1 atom stereocenters. The summed E-state index contributed by atoms with van der Waals surface area (Å²) in [4.78, 5) is 29.6. The lowest BCUT2D eigenvalue weighted by atomic mass is 9.97. The van der Waals surface area contributed by atoms with Crippen LogP contribution < -0.4 is 10.6 Å². The standard InChI is InChI=1S/C28H22F3N3O2/c1-18(26(35)34-25-8-4-5-17-32-25)19-11-15-22(16-12-19)33-27(36)24-7-3-2-6-23(24)20-9-13-21(14-10-20)28(29,30)31/h2-18H,1H3,(H,33,36)(H,32,34,35). The van der Waals surface area contributed by atoms with Crippen molar-refractivity contribution in [3.8, 4) is 11.1 Å². The number of carbonyl (C=O) groups is 2. The summed E-state index contributed by atoms with van der Waals surface area (Å²) in [5.74, 6) is -0.600. The topological polar surface area (TPSA) is 71.1 Å². The lowest BCUT2D eigenvalue weighted by Crippen LogP contribution is -2.19. The number of carbonyl (C=O) groups excluding carboxylic acids is 2. The molecule has 0 aliphatic rings. The van der Waals surface area contributed by atoms with E-state index in [2.05, 4.69) is 15.6 Å². The molecule has 0 fully saturated rings. The molecule has 0 saturated carbocycles. The third-order valence-electron chi connectivity index (χ3n) is 5.67. The first-order chi connectivity index (χ1) is 17.2. The second-order valence-corrected chi connectivity index (χ2v) is 8.12. The lowest BCUT2D eigenvalue weighted by molar-refractivity contribution is -0.137. The van der Waals surface area contributed by atoms with Gasteiger partial charge in [-0.25, -0.2) is 4.98 Å². The number of aromatic nitrogens is 1. The van der Waals surface area contributed by atoms with Crippen LogP contribution in [0.5, 0.6) is 0 Å². The molecular weight excluding hydrogens is 467 g/mol. The van der Waals surface area contributed by atoms with Gasteiger partial charge in [-0.1, -0.05) is 48.5 Å². The number of halogens is 3. The fourth-order valence-corrected chi connectivity index (χ4v) is 3.65. The Bertz CT molecular complexity index is 1350. The molecule has 4 rings (SSSR count). The maximum Gasteiger partial charge on any atom is 0.416 e. The Labute approximate surface area is 206 Å². The van der Waals surface area contributed by atoms with Crippen LogP contribution in [-0.2, 0) is 11.0 Å². The molecule has 0 saturated heterocycles. The van der Waals surface area contributed by atoms with Gasteiger partial charge in [0.2, 0.25) is 5.91 Å². The fourth-order valence-electron chi connectivity index (χ4n) is 3.65. The van der Waals surface area contributed by atoms with Gasteiger partial charge in [-0.05, 0) is 66.1 Å². The Morgan fingerprint density at radius 1 is 0.806 bits per heavy atom. The molecule has 2 N–H and O–H groups in total. The molecule has 36 heavy (non-hydrogen) atoms. The first-order valence-electron chi connectivity index (χ1n) is 11.1. The van der Waals surface area contributed by atoms with E-state index in [-0.39, 0.29) is 5.91 Å². The molecule has 0 bridgehead atoms. The zero-order valence-corrected chi connectivity index (χ0v) is 19.2. The van der Waals surface area contributed by atoms with Crippen LogP contribution in [0.4, 0.5) is 24.7 Å². The van der Waals surface area contributed by atoms with Crippen LogP contribution in [0.2, 0.25) is 0 Å². The lowest BCUT2D eigenvalue weighted by Gasteiger charge is -2.14. The fraction of sp³-hybridized carbons (Fsp3) is 0.107. The summed E-state index contributed by atoms with van der Waals surface area (Å²) in [6.07, 6.45) is -2.84. The minimum absolute atomic E-state index is 0.212. The van der Waals surface area contributed by atoms with Crippen LogP contribution in [-0.4, -0.2) is 16.8 Å². The first kappa shape index (κ1) is 24.7. The summed E-state index contributed by atoms with van der Waals surface area (Å²) in [6.45, 7) is 1.77. The SMILES string of the molecule is CC(C(=O)Nc1ccccn1)c1ccc(NC(=O)c2ccccc2-c2ccc(C(F)(F)F)cc2)cc1. The van der Waals surface area contributed by atoms with E-state index in [9.17, 15) is 22.8 Å². The third kappa shape index (κ3) is 5.78. The summed E-state index contributed by atoms with van der Waals surface area (Å²) in [6, 6.07) is 23.5. The Kier molecular flexibility index (Phi) is 7.15. The van der Waals surface area contributed by atoms with Crippen molar-refractivity contribution in [1.29, 1.82) is 0 Å². The van der Waals surface area contributed by atoms with Crippen molar-refractivity contribution >= 4 is 23.3 Å². The van der Waals surface area contributed by atoms with E-state index >= 15 is 0 Å². The largest absolute Gasteiger partial charge is 0.416 e. The van der Waals surface area contributed by atoms with Crippen molar-refractivity contribution in [2.24, 2.45) is 0 Å². The van der Waals surface area contributed by atoms with E-state index in [1.54, 1.807) is 79.9 Å². The highest BCUT2D eigenvalue weighted by atomic mass is 19.4. The minimum atomic E-state index is -4.43. The zero-order chi connectivity index (χ0) is 25.7. The van der Waals surface area contributed by atoms with E-state index in [0.29, 0.717) is 28.2 Å². The number of alkyl halides is 3. The van der Waals surface area contributed by atoms with Crippen LogP contribution in [0, 0.1) is 0 Å². The van der Waals surface area contributed by atoms with Gasteiger partial charge in [0.15, 0.2) is 0 Å². The highest BCUT2D eigenvalue weighted by molar-refractivity contribution is 6.08. The van der Waals surface area contributed by atoms with Crippen LogP contribution >= 0.6 is 0 Å². The number of hydrogen-bond acceptors (Lipinski definition) is 3. The van der Waals surface area contributed by atoms with Gasteiger partial charge in [0.25, 0.3) is 5.91 Å². The number of benzene rings is 3. The second kappa shape index (κ2) is 10.4. The maximum atomic E-state index is 13.0. The van der Waals surface area contributed by atoms with Gasteiger partial charge in [-0.3, -0.25) is 9.59 Å². The van der Waals surface area contributed by atoms with Gasteiger partial charge in [-0.15, -0.1) is 0 Å². The summed E-state index contributed by atoms with van der Waals surface area (Å²) < 4.78 is 38.7. The van der Waals surface area contributed by atoms with Gasteiger partial charge in [-0.2, -0.15) is 13.2 Å². The van der Waals surface area contributed by atoms with Crippen molar-refractivity contribution in [1.82, 2.24) is 4.98 Å². The highest BCUT2D eigenvalue weighted by Crippen LogP contribution is 2.32. The Hall–Kier alpha value is -4.46. The molecule has 8 heteroatoms. The van der Waals surface area contributed by atoms with Crippen LogP contribution in [0.25, 0.3) is 11.1 Å². The van der Waals surface area contributed by atoms with E-state index < -0.39 is 23.6 Å². The van der Waals surface area contributed by atoms with Crippen LogP contribution in [0.15, 0.2) is 97.2 Å². The summed E-state index contributed by atoms with van der Waals surface area (Å²) in [5.41, 5.74) is 1.85. The normalized spacial score (nSPS) is 12.0. The Morgan fingerprint density at radius 2 is 1.47 bits per heavy atom. The molecule has 1 aromatic heterocycles. The number of amides is 2. The predicted molar refractivity (Wildman–Crippen MR) is 133 cm³/mol. The smallest absolute Gasteiger partial charge is 0.322 e. The molecule has 0 aliphatic carbocycles. The minimum Gasteiger partial charge on any atom is -0.322 e. The second-order valence-electron chi connectivity index (χ2n) is 8.12. The average molecular weight is 489 g/mol. The third-order valence-corrected chi connectivity index (χ3v) is 5.67. The van der Waals surface area contributed by atoms with Gasteiger partial charge < -0.3 is 10.6 Å². The monoisotopic (exact) mass is 489 g/mol. The van der Waals surface area contributed by atoms with Gasteiger partial charge in [0.1, 0.15) is 5.82 Å². The van der Waals surface area contributed by atoms with Gasteiger partial charge in [0.05, 0.1) is 11.5 Å². The van der Waals surface area contributed by atoms with Crippen LogP contribution in [0.3, 0.4) is 0 Å². The van der Waals surface area contributed by atoms with Crippen molar-refractivity contribution in [3.05, 3.63) is 114 Å². The molecule has 3 aromatic carbocycles. The molecule has 182 valence electrons. The maximum absolute atomic E-state index is 13.0.